The lowest BCUT2D eigenvalue weighted by molar-refractivity contribution is 0.633. The lowest BCUT2D eigenvalue weighted by Crippen LogP contribution is -2.34. The van der Waals surface area contributed by atoms with E-state index in [-0.39, 0.29) is 0 Å². The second kappa shape index (κ2) is 4.97. The maximum Gasteiger partial charge on any atom is 0.0431 e. The number of rotatable bonds is 2. The van der Waals surface area contributed by atoms with Gasteiger partial charge < -0.3 is 4.90 Å². The fourth-order valence-corrected chi connectivity index (χ4v) is 3.81. The Morgan fingerprint density at radius 1 is 0.800 bits per heavy atom. The lowest BCUT2D eigenvalue weighted by Gasteiger charge is -2.37. The zero-order valence-electron chi connectivity index (χ0n) is 11.9. The molecule has 0 aromatic heterocycles. The smallest absolute Gasteiger partial charge is 0.0431 e. The molecule has 0 bridgehead atoms. The molecule has 0 saturated heterocycles. The van der Waals surface area contributed by atoms with E-state index < -0.39 is 0 Å². The van der Waals surface area contributed by atoms with Gasteiger partial charge in [-0.2, -0.15) is 0 Å². The van der Waals surface area contributed by atoms with Gasteiger partial charge in [0.2, 0.25) is 0 Å². The van der Waals surface area contributed by atoms with Crippen LogP contribution in [0.5, 0.6) is 0 Å². The summed E-state index contributed by atoms with van der Waals surface area (Å²) in [7, 11) is 0. The molecule has 20 heavy (non-hydrogen) atoms. The molecular formula is C19H21N. The maximum absolute atomic E-state index is 2.62. The molecule has 2 heterocycles. The predicted octanol–water partition coefficient (Wildman–Crippen LogP) is 3.98. The van der Waals surface area contributed by atoms with E-state index >= 15 is 0 Å². The molecule has 0 spiro atoms. The zero-order chi connectivity index (χ0) is 13.4. The van der Waals surface area contributed by atoms with Crippen LogP contribution in [0.25, 0.3) is 0 Å². The molecular weight excluding hydrogens is 242 g/mol. The van der Waals surface area contributed by atoms with E-state index in [0.717, 1.165) is 6.42 Å². The first kappa shape index (κ1) is 12.0. The Kier molecular flexibility index (Phi) is 2.99. The Bertz CT molecular complexity index is 584. The Balaban J connectivity index is 1.72. The van der Waals surface area contributed by atoms with Crippen LogP contribution < -0.4 is 4.90 Å². The van der Waals surface area contributed by atoms with Crippen molar-refractivity contribution in [2.45, 2.75) is 32.1 Å². The molecule has 0 N–H and O–H groups in total. The third kappa shape index (κ3) is 2.11. The standard InChI is InChI=1S/C19H21N/c1-2-6-15(7-3-1)12-16-13-17-8-4-10-20-11-5-9-18(14-16)19(17)20/h1-3,6-7,13-14H,4-5,8-12H2. The van der Waals surface area contributed by atoms with Crippen molar-refractivity contribution >= 4 is 5.69 Å². The van der Waals surface area contributed by atoms with E-state index in [2.05, 4.69) is 47.4 Å². The molecule has 1 heteroatoms. The highest BCUT2D eigenvalue weighted by atomic mass is 15.1. The van der Waals surface area contributed by atoms with Gasteiger partial charge in [-0.05, 0) is 54.4 Å². The van der Waals surface area contributed by atoms with Crippen LogP contribution in [0.1, 0.15) is 35.1 Å². The van der Waals surface area contributed by atoms with Crippen LogP contribution in [-0.4, -0.2) is 13.1 Å². The molecule has 0 unspecified atom stereocenters. The van der Waals surface area contributed by atoms with Crippen LogP contribution in [0.3, 0.4) is 0 Å². The molecule has 0 atom stereocenters. The molecule has 0 fully saturated rings. The van der Waals surface area contributed by atoms with Crippen molar-refractivity contribution in [3.63, 3.8) is 0 Å². The van der Waals surface area contributed by atoms with E-state index in [1.165, 1.54) is 49.9 Å². The number of hydrogen-bond donors (Lipinski definition) is 0. The van der Waals surface area contributed by atoms with E-state index in [0.29, 0.717) is 0 Å². The Labute approximate surface area is 121 Å². The van der Waals surface area contributed by atoms with Crippen molar-refractivity contribution in [1.29, 1.82) is 0 Å². The van der Waals surface area contributed by atoms with Crippen molar-refractivity contribution in [3.8, 4) is 0 Å². The maximum atomic E-state index is 2.62. The van der Waals surface area contributed by atoms with E-state index in [9.17, 15) is 0 Å². The molecule has 1 nitrogen and oxygen atoms in total. The minimum absolute atomic E-state index is 1.07. The first-order chi connectivity index (χ1) is 9.90. The van der Waals surface area contributed by atoms with Crippen LogP contribution in [-0.2, 0) is 19.3 Å². The minimum atomic E-state index is 1.07. The summed E-state index contributed by atoms with van der Waals surface area (Å²) in [6, 6.07) is 15.8. The number of hydrogen-bond acceptors (Lipinski definition) is 1. The molecule has 0 amide bonds. The Morgan fingerprint density at radius 2 is 1.45 bits per heavy atom. The van der Waals surface area contributed by atoms with Gasteiger partial charge in [-0.3, -0.25) is 0 Å². The van der Waals surface area contributed by atoms with Gasteiger partial charge in [0.05, 0.1) is 0 Å². The second-order valence-corrected chi connectivity index (χ2v) is 6.12. The van der Waals surface area contributed by atoms with Crippen LogP contribution >= 0.6 is 0 Å². The van der Waals surface area contributed by atoms with Gasteiger partial charge in [0, 0.05) is 18.8 Å². The Hall–Kier alpha value is -1.76. The quantitative estimate of drug-likeness (QED) is 0.792. The van der Waals surface area contributed by atoms with E-state index in [1.807, 2.05) is 0 Å². The van der Waals surface area contributed by atoms with Gasteiger partial charge in [-0.1, -0.05) is 42.5 Å². The monoisotopic (exact) mass is 263 g/mol. The number of aryl methyl sites for hydroxylation is 2. The highest BCUT2D eigenvalue weighted by Crippen LogP contribution is 2.36. The molecule has 0 aliphatic carbocycles. The topological polar surface area (TPSA) is 3.24 Å². The van der Waals surface area contributed by atoms with Crippen LogP contribution in [0.4, 0.5) is 5.69 Å². The van der Waals surface area contributed by atoms with Crippen LogP contribution in [0, 0.1) is 0 Å². The molecule has 2 aliphatic heterocycles. The largest absolute Gasteiger partial charge is 0.371 e. The molecule has 102 valence electrons. The van der Waals surface area contributed by atoms with Crippen LogP contribution in [0.15, 0.2) is 42.5 Å². The summed E-state index contributed by atoms with van der Waals surface area (Å²) >= 11 is 0. The zero-order valence-corrected chi connectivity index (χ0v) is 11.9. The third-order valence-electron chi connectivity index (χ3n) is 4.64. The highest BCUT2D eigenvalue weighted by Gasteiger charge is 2.23. The van der Waals surface area contributed by atoms with Gasteiger partial charge in [-0.25, -0.2) is 0 Å². The summed E-state index contributed by atoms with van der Waals surface area (Å²) in [5, 5.41) is 0. The molecule has 2 aliphatic rings. The second-order valence-electron chi connectivity index (χ2n) is 6.12. The average molecular weight is 263 g/mol. The van der Waals surface area contributed by atoms with Gasteiger partial charge in [0.15, 0.2) is 0 Å². The Morgan fingerprint density at radius 3 is 2.10 bits per heavy atom. The predicted molar refractivity (Wildman–Crippen MR) is 84.5 cm³/mol. The molecule has 4 rings (SSSR count). The average Bonchev–Trinajstić information content (AvgIpc) is 2.49. The van der Waals surface area contributed by atoms with Gasteiger partial charge in [0.25, 0.3) is 0 Å². The summed E-state index contributed by atoms with van der Waals surface area (Å²) in [5.41, 5.74) is 7.69. The van der Waals surface area contributed by atoms with Crippen molar-refractivity contribution < 1.29 is 0 Å². The highest BCUT2D eigenvalue weighted by molar-refractivity contribution is 5.64. The molecule has 0 saturated carbocycles. The fourth-order valence-electron chi connectivity index (χ4n) is 3.81. The molecule has 0 radical (unpaired) electrons. The van der Waals surface area contributed by atoms with E-state index in [4.69, 9.17) is 0 Å². The van der Waals surface area contributed by atoms with Crippen molar-refractivity contribution in [1.82, 2.24) is 0 Å². The lowest BCUT2D eigenvalue weighted by atomic mass is 9.89. The third-order valence-corrected chi connectivity index (χ3v) is 4.64. The van der Waals surface area contributed by atoms with Crippen LogP contribution in [0.2, 0.25) is 0 Å². The van der Waals surface area contributed by atoms with Crippen molar-refractivity contribution in [2.24, 2.45) is 0 Å². The van der Waals surface area contributed by atoms with Crippen molar-refractivity contribution in [3.05, 3.63) is 64.7 Å². The van der Waals surface area contributed by atoms with Crippen molar-refractivity contribution in [2.75, 3.05) is 18.0 Å². The number of anilines is 1. The van der Waals surface area contributed by atoms with Gasteiger partial charge in [-0.15, -0.1) is 0 Å². The van der Waals surface area contributed by atoms with Gasteiger partial charge in [0.1, 0.15) is 0 Å². The first-order valence-electron chi connectivity index (χ1n) is 7.84. The SMILES string of the molecule is c1ccc(Cc2cc3c4c(c2)CCCN4CCC3)cc1. The number of nitrogens with zero attached hydrogens (tertiary/aromatic N) is 1. The molecule has 2 aromatic rings. The summed E-state index contributed by atoms with van der Waals surface area (Å²) in [6.45, 7) is 2.52. The normalized spacial score (nSPS) is 16.9. The summed E-state index contributed by atoms with van der Waals surface area (Å²) in [6.07, 6.45) is 6.24. The summed E-state index contributed by atoms with van der Waals surface area (Å²) < 4.78 is 0. The fraction of sp³-hybridized carbons (Fsp3) is 0.368. The summed E-state index contributed by atoms with van der Waals surface area (Å²) in [4.78, 5) is 2.62. The van der Waals surface area contributed by atoms with E-state index in [1.54, 1.807) is 16.8 Å². The first-order valence-corrected chi connectivity index (χ1v) is 7.84. The molecule has 2 aromatic carbocycles. The number of benzene rings is 2. The van der Waals surface area contributed by atoms with Gasteiger partial charge >= 0.3 is 0 Å². The minimum Gasteiger partial charge on any atom is -0.371 e. The summed E-state index contributed by atoms with van der Waals surface area (Å²) in [5.74, 6) is 0.